The third-order valence-electron chi connectivity index (χ3n) is 12.5. The van der Waals surface area contributed by atoms with Crippen LogP contribution in [-0.2, 0) is 4.74 Å². The predicted molar refractivity (Wildman–Crippen MR) is 216 cm³/mol. The zero-order valence-electron chi connectivity index (χ0n) is 33.8. The quantitative estimate of drug-likeness (QED) is 0.0994. The number of aromatic hydroxyl groups is 1. The van der Waals surface area contributed by atoms with Gasteiger partial charge in [0.15, 0.2) is 15.3 Å². The molecule has 7 rings (SSSR count). The Bertz CT molecular complexity index is 2220. The van der Waals surface area contributed by atoms with Crippen LogP contribution < -0.4 is 9.64 Å². The van der Waals surface area contributed by atoms with Crippen LogP contribution in [-0.4, -0.2) is 97.9 Å². The monoisotopic (exact) mass is 804 g/mol. The number of hydrogen-bond donors (Lipinski definition) is 2. The highest BCUT2D eigenvalue weighted by Gasteiger charge is 2.49. The number of rotatable bonds is 9. The fourth-order valence-corrected chi connectivity index (χ4v) is 11.2. The highest BCUT2D eigenvalue weighted by molar-refractivity contribution is 6.50. The Morgan fingerprint density at radius 2 is 1.77 bits per heavy atom. The molecule has 3 atom stereocenters. The van der Waals surface area contributed by atoms with Crippen LogP contribution in [0.25, 0.3) is 32.8 Å². The number of aromatic nitrogens is 2. The topological polar surface area (TPSA) is 91.2 Å². The smallest absolute Gasteiger partial charge is 0.319 e. The van der Waals surface area contributed by atoms with Crippen LogP contribution in [0.4, 0.5) is 23.4 Å². The number of ether oxygens (including phenoxy) is 2. The second-order valence-corrected chi connectivity index (χ2v) is 18.8. The van der Waals surface area contributed by atoms with E-state index in [1.807, 2.05) is 0 Å². The Hall–Kier alpha value is -3.96. The predicted octanol–water partition coefficient (Wildman–Crippen LogP) is 8.26. The SMILES string of the molecule is CC(C)C([Si]C#Cc1c(F)ccc2cc(O)cc(-c3c(F)cc4c(N5CCOCC(C)(O)C5)nc(OC[C@@]56CCCN5C[C@H](F)C6)nc4c3F)c12)(C(C)C)C(C)C. The van der Waals surface area contributed by atoms with Gasteiger partial charge in [-0.05, 0) is 78.8 Å². The molecule has 4 aromatic rings. The second kappa shape index (κ2) is 15.7. The van der Waals surface area contributed by atoms with Gasteiger partial charge in [-0.25, -0.2) is 17.6 Å². The minimum absolute atomic E-state index is 0.0217. The third kappa shape index (κ3) is 7.59. The molecule has 3 aliphatic rings. The average Bonchev–Trinajstić information content (AvgIpc) is 3.59. The van der Waals surface area contributed by atoms with E-state index in [1.165, 1.54) is 24.3 Å². The number of fused-ring (bicyclic) bond motifs is 3. The molecule has 3 aliphatic heterocycles. The summed E-state index contributed by atoms with van der Waals surface area (Å²) in [6, 6.07) is 6.27. The zero-order valence-corrected chi connectivity index (χ0v) is 34.8. The van der Waals surface area contributed by atoms with Gasteiger partial charge in [0.2, 0.25) is 0 Å². The molecule has 57 heavy (non-hydrogen) atoms. The van der Waals surface area contributed by atoms with Gasteiger partial charge < -0.3 is 24.6 Å². The lowest BCUT2D eigenvalue weighted by molar-refractivity contribution is -0.0123. The molecule has 2 N–H and O–H groups in total. The molecule has 3 fully saturated rings. The molecular weight excluding hydrogens is 753 g/mol. The van der Waals surface area contributed by atoms with E-state index in [-0.39, 0.29) is 92.5 Å². The van der Waals surface area contributed by atoms with Gasteiger partial charge in [0.05, 0.1) is 36.4 Å². The van der Waals surface area contributed by atoms with Gasteiger partial charge in [-0.1, -0.05) is 53.5 Å². The maximum atomic E-state index is 17.4. The van der Waals surface area contributed by atoms with Crippen molar-refractivity contribution in [3.8, 4) is 34.4 Å². The highest BCUT2D eigenvalue weighted by atomic mass is 28.2. The number of phenolic OH excluding ortho intramolecular Hbond substituents is 1. The first-order valence-electron chi connectivity index (χ1n) is 20.0. The summed E-state index contributed by atoms with van der Waals surface area (Å²) < 4.78 is 76.6. The van der Waals surface area contributed by atoms with Crippen LogP contribution in [0, 0.1) is 46.7 Å². The van der Waals surface area contributed by atoms with Crippen molar-refractivity contribution in [2.24, 2.45) is 17.8 Å². The van der Waals surface area contributed by atoms with Crippen molar-refractivity contribution in [2.75, 3.05) is 50.9 Å². The minimum atomic E-state index is -1.31. The molecule has 0 spiro atoms. The van der Waals surface area contributed by atoms with Crippen LogP contribution in [0.1, 0.15) is 73.3 Å². The lowest BCUT2D eigenvalue weighted by Gasteiger charge is -2.43. The van der Waals surface area contributed by atoms with Crippen molar-refractivity contribution in [2.45, 2.75) is 90.1 Å². The van der Waals surface area contributed by atoms with Crippen molar-refractivity contribution < 1.29 is 37.2 Å². The summed E-state index contributed by atoms with van der Waals surface area (Å²) >= 11 is 0. The summed E-state index contributed by atoms with van der Waals surface area (Å²) in [7, 11) is 0.153. The molecule has 0 amide bonds. The summed E-state index contributed by atoms with van der Waals surface area (Å²) in [6.07, 6.45) is 0.914. The van der Waals surface area contributed by atoms with Gasteiger partial charge >= 0.3 is 6.01 Å². The van der Waals surface area contributed by atoms with E-state index in [2.05, 4.69) is 67.9 Å². The van der Waals surface area contributed by atoms with E-state index < -0.39 is 40.3 Å². The van der Waals surface area contributed by atoms with Gasteiger partial charge in [0.25, 0.3) is 0 Å². The number of halogens is 4. The van der Waals surface area contributed by atoms with Crippen molar-refractivity contribution in [3.05, 3.63) is 53.3 Å². The summed E-state index contributed by atoms with van der Waals surface area (Å²) in [5.41, 5.74) is 0.499. The number of anilines is 1. The largest absolute Gasteiger partial charge is 0.508 e. The lowest BCUT2D eigenvalue weighted by Crippen LogP contribution is -2.44. The molecular formula is C44H52F4N4O4Si. The van der Waals surface area contributed by atoms with Crippen molar-refractivity contribution in [3.63, 3.8) is 0 Å². The first kappa shape index (κ1) is 41.2. The Labute approximate surface area is 334 Å². The molecule has 8 nitrogen and oxygen atoms in total. The van der Waals surface area contributed by atoms with E-state index in [4.69, 9.17) is 9.47 Å². The van der Waals surface area contributed by atoms with E-state index in [1.54, 1.807) is 11.8 Å². The molecule has 3 aromatic carbocycles. The summed E-state index contributed by atoms with van der Waals surface area (Å²) in [4.78, 5) is 12.9. The van der Waals surface area contributed by atoms with Crippen LogP contribution in [0.2, 0.25) is 5.04 Å². The minimum Gasteiger partial charge on any atom is -0.508 e. The molecule has 304 valence electrons. The maximum Gasteiger partial charge on any atom is 0.319 e. The van der Waals surface area contributed by atoms with E-state index in [0.29, 0.717) is 36.1 Å². The summed E-state index contributed by atoms with van der Waals surface area (Å²) in [5, 5.41) is 22.4. The van der Waals surface area contributed by atoms with E-state index in [9.17, 15) is 14.6 Å². The van der Waals surface area contributed by atoms with E-state index >= 15 is 13.2 Å². The molecule has 0 aliphatic carbocycles. The van der Waals surface area contributed by atoms with E-state index in [0.717, 1.165) is 25.5 Å². The van der Waals surface area contributed by atoms with Gasteiger partial charge in [0, 0.05) is 35.8 Å². The number of β-amino-alcohol motifs (C(OH)–C–C–N with tert-alkyl or cyclic N) is 1. The number of alkyl halides is 1. The highest BCUT2D eigenvalue weighted by Crippen LogP contribution is 2.49. The Kier molecular flexibility index (Phi) is 11.3. The number of phenols is 1. The number of aliphatic hydroxyl groups is 1. The molecule has 1 unspecified atom stereocenters. The Balaban J connectivity index is 1.40. The maximum absolute atomic E-state index is 17.4. The molecule has 13 heteroatoms. The zero-order chi connectivity index (χ0) is 41.0. The van der Waals surface area contributed by atoms with Crippen molar-refractivity contribution in [1.82, 2.24) is 14.9 Å². The second-order valence-electron chi connectivity index (χ2n) is 17.4. The molecule has 0 bridgehead atoms. The molecule has 3 saturated heterocycles. The van der Waals surface area contributed by atoms with Gasteiger partial charge in [-0.3, -0.25) is 4.90 Å². The van der Waals surface area contributed by atoms with Gasteiger partial charge in [-0.15, -0.1) is 5.54 Å². The first-order chi connectivity index (χ1) is 27.0. The average molecular weight is 805 g/mol. The molecule has 1 aromatic heterocycles. The van der Waals surface area contributed by atoms with Crippen LogP contribution in [0.15, 0.2) is 30.3 Å². The normalized spacial score (nSPS) is 23.1. The fourth-order valence-electron chi connectivity index (χ4n) is 9.92. The van der Waals surface area contributed by atoms with Crippen LogP contribution >= 0.6 is 0 Å². The first-order valence-corrected chi connectivity index (χ1v) is 21.0. The Morgan fingerprint density at radius 1 is 1.04 bits per heavy atom. The number of benzene rings is 3. The fraction of sp³-hybridized carbons (Fsp3) is 0.545. The molecule has 2 radical (unpaired) electrons. The third-order valence-corrected chi connectivity index (χ3v) is 14.9. The number of nitrogens with zero attached hydrogens (tertiary/aromatic N) is 4. The van der Waals surface area contributed by atoms with Crippen molar-refractivity contribution in [1.29, 1.82) is 0 Å². The van der Waals surface area contributed by atoms with Crippen LogP contribution in [0.3, 0.4) is 0 Å². The standard InChI is InChI=1S/C44H52F4N4O4Si/c1-25(2)44(26(3)4,27(5)6)57-16-11-31-34(46)10-9-28-17-30(53)18-32(36(28)31)37-35(47)19-33-39(38(37)48)49-41(50-40(33)51-14-15-55-23-42(7,54)22-51)56-24-43-12-8-13-52(43)21-29(45)20-43/h9-10,17-19,25-27,29,53-54H,8,12-15,20-24H2,1-7H3/t29-,42?,43+/m1/s1. The van der Waals surface area contributed by atoms with Gasteiger partial charge in [0.1, 0.15) is 47.1 Å². The number of hydrogen-bond acceptors (Lipinski definition) is 8. The Morgan fingerprint density at radius 3 is 2.49 bits per heavy atom. The van der Waals surface area contributed by atoms with Crippen LogP contribution in [0.5, 0.6) is 11.8 Å². The molecule has 0 saturated carbocycles. The molecule has 4 heterocycles. The summed E-state index contributed by atoms with van der Waals surface area (Å²) in [6.45, 7) is 16.3. The summed E-state index contributed by atoms with van der Waals surface area (Å²) in [5.74, 6) is 1.07. The van der Waals surface area contributed by atoms with Gasteiger partial charge in [-0.2, -0.15) is 9.97 Å². The lowest BCUT2D eigenvalue weighted by atomic mass is 9.76. The van der Waals surface area contributed by atoms with Crippen molar-refractivity contribution >= 4 is 37.0 Å².